The number of hydrogen-bond acceptors (Lipinski definition) is 0. The Morgan fingerprint density at radius 2 is 1.53 bits per heavy atom. The van der Waals surface area contributed by atoms with Crippen LogP contribution in [0.25, 0.3) is 0 Å². The van der Waals surface area contributed by atoms with Crippen molar-refractivity contribution in [3.05, 3.63) is 33.8 Å². The van der Waals surface area contributed by atoms with Gasteiger partial charge in [-0.2, -0.15) is 26.3 Å². The van der Waals surface area contributed by atoms with Gasteiger partial charge in [-0.25, -0.2) is 0 Å². The van der Waals surface area contributed by atoms with E-state index in [9.17, 15) is 26.3 Å². The summed E-state index contributed by atoms with van der Waals surface area (Å²) in [5.74, 6) is 0. The van der Waals surface area contributed by atoms with Crippen molar-refractivity contribution in [3.8, 4) is 0 Å². The van der Waals surface area contributed by atoms with Crippen molar-refractivity contribution < 1.29 is 26.3 Å². The zero-order chi connectivity index (χ0) is 11.9. The number of alkyl halides is 6. The molecule has 0 bridgehead atoms. The molecule has 0 saturated heterocycles. The summed E-state index contributed by atoms with van der Waals surface area (Å²) < 4.78 is 72.3. The summed E-state index contributed by atoms with van der Waals surface area (Å²) in [7, 11) is 0. The van der Waals surface area contributed by atoms with Crippen LogP contribution in [-0.4, -0.2) is 0 Å². The fourth-order valence-corrected chi connectivity index (χ4v) is 1.30. The normalized spacial score (nSPS) is 13.0. The third kappa shape index (κ3) is 2.87. The highest BCUT2D eigenvalue weighted by atomic mass is 79.9. The highest BCUT2D eigenvalue weighted by Gasteiger charge is 2.37. The van der Waals surface area contributed by atoms with Gasteiger partial charge in [0.2, 0.25) is 0 Å². The lowest BCUT2D eigenvalue weighted by Gasteiger charge is -2.12. The minimum absolute atomic E-state index is 0.0422. The maximum atomic E-state index is 12.2. The molecule has 0 aliphatic rings. The molecule has 0 atom stereocenters. The average molecular weight is 292 g/mol. The highest BCUT2D eigenvalue weighted by Crippen LogP contribution is 2.38. The molecule has 1 aromatic carbocycles. The Hall–Kier alpha value is -0.720. The molecule has 0 saturated carbocycles. The molecule has 0 aliphatic carbocycles. The van der Waals surface area contributed by atoms with Gasteiger partial charge in [-0.05, 0) is 34.1 Å². The van der Waals surface area contributed by atoms with Crippen LogP contribution < -0.4 is 0 Å². The van der Waals surface area contributed by atoms with Gasteiger partial charge >= 0.3 is 12.4 Å². The van der Waals surface area contributed by atoms with E-state index in [1.54, 1.807) is 0 Å². The zero-order valence-electron chi connectivity index (χ0n) is 6.80. The Kier molecular flexibility index (Phi) is 3.04. The molecular formula is C8H2BrF6. The van der Waals surface area contributed by atoms with Crippen LogP contribution in [0.2, 0.25) is 0 Å². The molecule has 0 unspecified atom stereocenters. The van der Waals surface area contributed by atoms with E-state index in [0.717, 1.165) is 0 Å². The monoisotopic (exact) mass is 291 g/mol. The summed E-state index contributed by atoms with van der Waals surface area (Å²) in [6.45, 7) is 0. The summed E-state index contributed by atoms with van der Waals surface area (Å²) in [5.41, 5.74) is -2.77. The zero-order valence-corrected chi connectivity index (χ0v) is 8.39. The lowest BCUT2D eigenvalue weighted by molar-refractivity contribution is -0.143. The van der Waals surface area contributed by atoms with Crippen molar-refractivity contribution in [2.75, 3.05) is 0 Å². The predicted molar refractivity (Wildman–Crippen MR) is 43.0 cm³/mol. The first-order valence-corrected chi connectivity index (χ1v) is 4.27. The van der Waals surface area contributed by atoms with Gasteiger partial charge in [-0.3, -0.25) is 0 Å². The molecule has 1 radical (unpaired) electrons. The van der Waals surface area contributed by atoms with Crippen molar-refractivity contribution in [1.82, 2.24) is 0 Å². The van der Waals surface area contributed by atoms with E-state index in [-0.39, 0.29) is 6.07 Å². The first-order valence-electron chi connectivity index (χ1n) is 3.48. The molecule has 15 heavy (non-hydrogen) atoms. The Bertz CT molecular complexity index is 364. The van der Waals surface area contributed by atoms with Gasteiger partial charge in [-0.1, -0.05) is 0 Å². The van der Waals surface area contributed by atoms with Crippen LogP contribution in [0.1, 0.15) is 11.1 Å². The highest BCUT2D eigenvalue weighted by molar-refractivity contribution is 9.10. The molecule has 0 aliphatic heterocycles. The number of rotatable bonds is 0. The molecule has 0 aromatic heterocycles. The average Bonchev–Trinajstić information content (AvgIpc) is 2.00. The van der Waals surface area contributed by atoms with E-state index in [1.807, 2.05) is 6.07 Å². The largest absolute Gasteiger partial charge is 0.417 e. The third-order valence-electron chi connectivity index (χ3n) is 1.52. The molecule has 1 aromatic rings. The second-order valence-electron chi connectivity index (χ2n) is 2.61. The Labute approximate surface area is 89.0 Å². The minimum atomic E-state index is -4.84. The summed E-state index contributed by atoms with van der Waals surface area (Å²) in [6, 6.07) is 2.36. The number of benzene rings is 1. The van der Waals surface area contributed by atoms with Gasteiger partial charge in [-0.15, -0.1) is 0 Å². The Morgan fingerprint density at radius 3 is 1.93 bits per heavy atom. The molecule has 0 N–H and O–H groups in total. The smallest absolute Gasteiger partial charge is 0.166 e. The fourth-order valence-electron chi connectivity index (χ4n) is 0.849. The summed E-state index contributed by atoms with van der Waals surface area (Å²) >= 11 is 2.49. The molecule has 0 nitrogen and oxygen atoms in total. The van der Waals surface area contributed by atoms with Crippen molar-refractivity contribution in [3.63, 3.8) is 0 Å². The van der Waals surface area contributed by atoms with Crippen LogP contribution in [-0.2, 0) is 12.4 Å². The first-order chi connectivity index (χ1) is 6.62. The fraction of sp³-hybridized carbons (Fsp3) is 0.250. The van der Waals surface area contributed by atoms with E-state index in [0.29, 0.717) is 6.07 Å². The van der Waals surface area contributed by atoms with Gasteiger partial charge in [0, 0.05) is 4.47 Å². The second kappa shape index (κ2) is 3.70. The molecule has 0 heterocycles. The van der Waals surface area contributed by atoms with Crippen molar-refractivity contribution in [2.24, 2.45) is 0 Å². The lowest BCUT2D eigenvalue weighted by atomic mass is 10.1. The van der Waals surface area contributed by atoms with Crippen LogP contribution in [0, 0.1) is 6.07 Å². The minimum Gasteiger partial charge on any atom is -0.166 e. The predicted octanol–water partition coefficient (Wildman–Crippen LogP) is 4.29. The van der Waals surface area contributed by atoms with Crippen molar-refractivity contribution in [1.29, 1.82) is 0 Å². The standard InChI is InChI=1S/C8H2BrF6/c9-6-2-1-4(7(10,11)12)3-5(6)8(13,14)15/h1,3H. The van der Waals surface area contributed by atoms with Crippen molar-refractivity contribution >= 4 is 15.9 Å². The van der Waals surface area contributed by atoms with Crippen LogP contribution in [0.3, 0.4) is 0 Å². The number of hydrogen-bond donors (Lipinski definition) is 0. The molecule has 83 valence electrons. The van der Waals surface area contributed by atoms with E-state index in [4.69, 9.17) is 0 Å². The lowest BCUT2D eigenvalue weighted by Crippen LogP contribution is -2.11. The van der Waals surface area contributed by atoms with Crippen LogP contribution in [0.15, 0.2) is 16.6 Å². The van der Waals surface area contributed by atoms with Gasteiger partial charge in [0.1, 0.15) is 0 Å². The molecule has 0 fully saturated rings. The maximum Gasteiger partial charge on any atom is 0.417 e. The van der Waals surface area contributed by atoms with Gasteiger partial charge in [0.25, 0.3) is 0 Å². The summed E-state index contributed by atoms with van der Waals surface area (Å²) in [4.78, 5) is 0. The van der Waals surface area contributed by atoms with E-state index in [1.165, 1.54) is 0 Å². The van der Waals surface area contributed by atoms with Gasteiger partial charge in [0.15, 0.2) is 0 Å². The first kappa shape index (κ1) is 12.4. The van der Waals surface area contributed by atoms with E-state index >= 15 is 0 Å². The SMILES string of the molecule is FC(F)(F)c1c[c]c(Br)c(C(F)(F)F)c1. The molecule has 0 spiro atoms. The van der Waals surface area contributed by atoms with Crippen LogP contribution >= 0.6 is 15.9 Å². The molecule has 7 heteroatoms. The Balaban J connectivity index is 3.30. The van der Waals surface area contributed by atoms with Crippen molar-refractivity contribution in [2.45, 2.75) is 12.4 Å². The Morgan fingerprint density at radius 1 is 1.00 bits per heavy atom. The number of halogens is 7. The summed E-state index contributed by atoms with van der Waals surface area (Å²) in [6.07, 6.45) is -9.65. The topological polar surface area (TPSA) is 0 Å². The van der Waals surface area contributed by atoms with Gasteiger partial charge < -0.3 is 0 Å². The van der Waals surface area contributed by atoms with E-state index < -0.39 is 28.0 Å². The van der Waals surface area contributed by atoms with Crippen LogP contribution in [0.4, 0.5) is 26.3 Å². The maximum absolute atomic E-state index is 12.2. The molecular weight excluding hydrogens is 290 g/mol. The summed E-state index contributed by atoms with van der Waals surface area (Å²) in [5, 5.41) is 0. The quantitative estimate of drug-likeness (QED) is 0.626. The third-order valence-corrected chi connectivity index (χ3v) is 2.18. The molecule has 1 rings (SSSR count). The second-order valence-corrected chi connectivity index (χ2v) is 3.40. The van der Waals surface area contributed by atoms with Gasteiger partial charge in [0.05, 0.1) is 11.1 Å². The van der Waals surface area contributed by atoms with Crippen LogP contribution in [0.5, 0.6) is 0 Å². The van der Waals surface area contributed by atoms with E-state index in [2.05, 4.69) is 15.9 Å². The molecule has 0 amide bonds.